The summed E-state index contributed by atoms with van der Waals surface area (Å²) in [5.41, 5.74) is 1.41. The van der Waals surface area contributed by atoms with E-state index in [0.29, 0.717) is 6.04 Å². The number of hydrogen-bond acceptors (Lipinski definition) is 2. The summed E-state index contributed by atoms with van der Waals surface area (Å²) in [4.78, 5) is 1.45. The van der Waals surface area contributed by atoms with Crippen molar-refractivity contribution >= 4 is 11.8 Å². The minimum atomic E-state index is 0.455. The SMILES string of the molecule is CCNC(C)c1cccc(SC2CCC(C)CC2)c1. The van der Waals surface area contributed by atoms with Gasteiger partial charge < -0.3 is 5.32 Å². The van der Waals surface area contributed by atoms with E-state index in [1.54, 1.807) is 0 Å². The van der Waals surface area contributed by atoms with Gasteiger partial charge in [0.2, 0.25) is 0 Å². The van der Waals surface area contributed by atoms with Crippen LogP contribution in [0.1, 0.15) is 58.1 Å². The second-order valence-electron chi connectivity index (χ2n) is 5.85. The maximum Gasteiger partial charge on any atom is 0.0292 e. The molecule has 1 aromatic rings. The number of thioether (sulfide) groups is 1. The number of rotatable bonds is 5. The number of benzene rings is 1. The molecule has 1 saturated carbocycles. The van der Waals surface area contributed by atoms with E-state index in [-0.39, 0.29) is 0 Å². The Morgan fingerprint density at radius 2 is 2.00 bits per heavy atom. The van der Waals surface area contributed by atoms with Gasteiger partial charge in [-0.05, 0) is 62.8 Å². The molecule has 2 heteroatoms. The summed E-state index contributed by atoms with van der Waals surface area (Å²) in [7, 11) is 0. The lowest BCUT2D eigenvalue weighted by atomic mass is 9.91. The predicted molar refractivity (Wildman–Crippen MR) is 85.8 cm³/mol. The van der Waals surface area contributed by atoms with Crippen molar-refractivity contribution in [2.45, 2.75) is 62.6 Å². The van der Waals surface area contributed by atoms with E-state index in [2.05, 4.69) is 62.1 Å². The van der Waals surface area contributed by atoms with Gasteiger partial charge in [0.25, 0.3) is 0 Å². The average molecular weight is 277 g/mol. The standard InChI is InChI=1S/C17H27NS/c1-4-18-14(3)15-6-5-7-17(12-15)19-16-10-8-13(2)9-11-16/h5-7,12-14,16,18H,4,8-11H2,1-3H3. The maximum atomic E-state index is 3.49. The Labute approximate surface area is 122 Å². The van der Waals surface area contributed by atoms with Crippen LogP contribution in [0.5, 0.6) is 0 Å². The number of hydrogen-bond donors (Lipinski definition) is 1. The molecule has 1 atom stereocenters. The molecule has 0 amide bonds. The van der Waals surface area contributed by atoms with Crippen LogP contribution in [0.4, 0.5) is 0 Å². The van der Waals surface area contributed by atoms with Gasteiger partial charge in [-0.3, -0.25) is 0 Å². The third-order valence-electron chi connectivity index (χ3n) is 4.13. The van der Waals surface area contributed by atoms with Crippen molar-refractivity contribution in [2.75, 3.05) is 6.54 Å². The Morgan fingerprint density at radius 3 is 2.68 bits per heavy atom. The van der Waals surface area contributed by atoms with Gasteiger partial charge in [0.05, 0.1) is 0 Å². The molecule has 0 heterocycles. The van der Waals surface area contributed by atoms with Crippen LogP contribution in [0.3, 0.4) is 0 Å². The minimum Gasteiger partial charge on any atom is -0.310 e. The first-order valence-electron chi connectivity index (χ1n) is 7.69. The molecule has 0 aromatic heterocycles. The zero-order valence-electron chi connectivity index (χ0n) is 12.5. The van der Waals surface area contributed by atoms with Crippen LogP contribution in [-0.4, -0.2) is 11.8 Å². The number of nitrogens with one attached hydrogen (secondary N) is 1. The molecule has 1 N–H and O–H groups in total. The molecule has 1 aliphatic rings. The van der Waals surface area contributed by atoms with Crippen LogP contribution in [0.25, 0.3) is 0 Å². The van der Waals surface area contributed by atoms with Crippen molar-refractivity contribution in [3.05, 3.63) is 29.8 Å². The normalized spacial score (nSPS) is 25.2. The molecular formula is C17H27NS. The van der Waals surface area contributed by atoms with Gasteiger partial charge in [0.15, 0.2) is 0 Å². The van der Waals surface area contributed by atoms with Gasteiger partial charge in [-0.1, -0.05) is 26.0 Å². The van der Waals surface area contributed by atoms with Crippen molar-refractivity contribution < 1.29 is 0 Å². The highest BCUT2D eigenvalue weighted by Gasteiger charge is 2.19. The van der Waals surface area contributed by atoms with E-state index in [1.165, 1.54) is 36.1 Å². The van der Waals surface area contributed by atoms with Gasteiger partial charge in [0, 0.05) is 16.2 Å². The van der Waals surface area contributed by atoms with E-state index in [1.807, 2.05) is 0 Å². The summed E-state index contributed by atoms with van der Waals surface area (Å²) in [6, 6.07) is 9.54. The maximum absolute atomic E-state index is 3.49. The Hall–Kier alpha value is -0.470. The van der Waals surface area contributed by atoms with Gasteiger partial charge >= 0.3 is 0 Å². The van der Waals surface area contributed by atoms with Gasteiger partial charge in [-0.25, -0.2) is 0 Å². The van der Waals surface area contributed by atoms with Crippen LogP contribution in [0, 0.1) is 5.92 Å². The lowest BCUT2D eigenvalue weighted by Gasteiger charge is -2.26. The molecular weight excluding hydrogens is 250 g/mol. The lowest BCUT2D eigenvalue weighted by Crippen LogP contribution is -2.17. The van der Waals surface area contributed by atoms with Crippen molar-refractivity contribution in [2.24, 2.45) is 5.92 Å². The molecule has 19 heavy (non-hydrogen) atoms. The molecule has 1 aromatic carbocycles. The van der Waals surface area contributed by atoms with Gasteiger partial charge in [0.1, 0.15) is 0 Å². The van der Waals surface area contributed by atoms with Crippen molar-refractivity contribution in [3.63, 3.8) is 0 Å². The minimum absolute atomic E-state index is 0.455. The summed E-state index contributed by atoms with van der Waals surface area (Å²) in [5, 5.41) is 4.32. The van der Waals surface area contributed by atoms with Gasteiger partial charge in [-0.15, -0.1) is 11.8 Å². The Morgan fingerprint density at radius 1 is 1.26 bits per heavy atom. The molecule has 0 aliphatic heterocycles. The highest BCUT2D eigenvalue weighted by atomic mass is 32.2. The molecule has 0 radical (unpaired) electrons. The zero-order valence-corrected chi connectivity index (χ0v) is 13.3. The fraction of sp³-hybridized carbons (Fsp3) is 0.647. The largest absolute Gasteiger partial charge is 0.310 e. The molecule has 1 fully saturated rings. The third kappa shape index (κ3) is 4.54. The Kier molecular flexibility index (Phi) is 5.77. The van der Waals surface area contributed by atoms with E-state index in [0.717, 1.165) is 17.7 Å². The van der Waals surface area contributed by atoms with E-state index in [4.69, 9.17) is 0 Å². The Bertz CT molecular complexity index is 383. The second kappa shape index (κ2) is 7.35. The molecule has 1 nitrogen and oxygen atoms in total. The van der Waals surface area contributed by atoms with Crippen LogP contribution >= 0.6 is 11.8 Å². The third-order valence-corrected chi connectivity index (χ3v) is 5.46. The van der Waals surface area contributed by atoms with Crippen LogP contribution in [0.2, 0.25) is 0 Å². The molecule has 1 unspecified atom stereocenters. The fourth-order valence-corrected chi connectivity index (χ4v) is 4.08. The quantitative estimate of drug-likeness (QED) is 0.810. The molecule has 0 bridgehead atoms. The predicted octanol–water partition coefficient (Wildman–Crippen LogP) is 5.03. The first-order chi connectivity index (χ1) is 9.19. The average Bonchev–Trinajstić information content (AvgIpc) is 2.42. The first-order valence-corrected chi connectivity index (χ1v) is 8.57. The van der Waals surface area contributed by atoms with E-state index < -0.39 is 0 Å². The fourth-order valence-electron chi connectivity index (χ4n) is 2.82. The molecule has 2 rings (SSSR count). The molecule has 0 spiro atoms. The summed E-state index contributed by atoms with van der Waals surface area (Å²) in [6.45, 7) is 7.83. The van der Waals surface area contributed by atoms with Crippen molar-refractivity contribution in [1.29, 1.82) is 0 Å². The van der Waals surface area contributed by atoms with Crippen LogP contribution < -0.4 is 5.32 Å². The lowest BCUT2D eigenvalue weighted by molar-refractivity contribution is 0.393. The van der Waals surface area contributed by atoms with E-state index in [9.17, 15) is 0 Å². The summed E-state index contributed by atoms with van der Waals surface area (Å²) in [6.07, 6.45) is 5.59. The molecule has 1 aliphatic carbocycles. The molecule has 106 valence electrons. The highest BCUT2D eigenvalue weighted by Crippen LogP contribution is 2.36. The smallest absolute Gasteiger partial charge is 0.0292 e. The molecule has 0 saturated heterocycles. The topological polar surface area (TPSA) is 12.0 Å². The summed E-state index contributed by atoms with van der Waals surface area (Å²) >= 11 is 2.09. The first kappa shape index (κ1) is 14.9. The monoisotopic (exact) mass is 277 g/mol. The van der Waals surface area contributed by atoms with Crippen LogP contribution in [0.15, 0.2) is 29.2 Å². The van der Waals surface area contributed by atoms with Gasteiger partial charge in [-0.2, -0.15) is 0 Å². The summed E-state index contributed by atoms with van der Waals surface area (Å²) < 4.78 is 0. The van der Waals surface area contributed by atoms with Crippen molar-refractivity contribution in [1.82, 2.24) is 5.32 Å². The highest BCUT2D eigenvalue weighted by molar-refractivity contribution is 8.00. The summed E-state index contributed by atoms with van der Waals surface area (Å²) in [5.74, 6) is 0.942. The Balaban J connectivity index is 1.95. The second-order valence-corrected chi connectivity index (χ2v) is 7.23. The zero-order chi connectivity index (χ0) is 13.7. The van der Waals surface area contributed by atoms with E-state index >= 15 is 0 Å². The van der Waals surface area contributed by atoms with Crippen molar-refractivity contribution in [3.8, 4) is 0 Å². The van der Waals surface area contributed by atoms with Crippen LogP contribution in [-0.2, 0) is 0 Å².